The van der Waals surface area contributed by atoms with Crippen LogP contribution in [-0.4, -0.2) is 67.4 Å². The Morgan fingerprint density at radius 1 is 1.07 bits per heavy atom. The summed E-state index contributed by atoms with van der Waals surface area (Å²) in [7, 11) is 3.82. The van der Waals surface area contributed by atoms with E-state index in [4.69, 9.17) is 0 Å². The van der Waals surface area contributed by atoms with Crippen molar-refractivity contribution >= 4 is 17.5 Å². The molecule has 1 amide bonds. The number of nitrogens with zero attached hydrogens (tertiary/aromatic N) is 5. The summed E-state index contributed by atoms with van der Waals surface area (Å²) in [5.74, 6) is 1.71. The third-order valence-corrected chi connectivity index (χ3v) is 4.49. The van der Waals surface area contributed by atoms with Crippen molar-refractivity contribution in [2.45, 2.75) is 13.3 Å². The summed E-state index contributed by atoms with van der Waals surface area (Å²) in [5, 5.41) is 0. The number of ether oxygens (including phenoxy) is 1. The van der Waals surface area contributed by atoms with Gasteiger partial charge in [-0.2, -0.15) is 0 Å². The fraction of sp³-hybridized carbons (Fsp3) is 0.421. The highest BCUT2D eigenvalue weighted by molar-refractivity contribution is 5.94. The molecule has 0 spiro atoms. The third-order valence-electron chi connectivity index (χ3n) is 4.49. The van der Waals surface area contributed by atoms with Gasteiger partial charge in [0.05, 0.1) is 0 Å². The number of rotatable bonds is 4. The molecule has 1 aliphatic heterocycles. The molecular formula is C19H22F3N5O2. The number of carbonyl (C=O) groups is 1. The summed E-state index contributed by atoms with van der Waals surface area (Å²) in [5.41, 5.74) is 0.320. The summed E-state index contributed by atoms with van der Waals surface area (Å²) in [6.07, 6.45) is -4.76. The zero-order valence-corrected chi connectivity index (χ0v) is 16.4. The Labute approximate surface area is 166 Å². The van der Waals surface area contributed by atoms with E-state index in [1.54, 1.807) is 4.90 Å². The number of halogens is 3. The minimum absolute atomic E-state index is 0.226. The van der Waals surface area contributed by atoms with Gasteiger partial charge in [0.25, 0.3) is 5.91 Å². The smallest absolute Gasteiger partial charge is 0.406 e. The molecule has 0 unspecified atom stereocenters. The Balaban J connectivity index is 1.62. The number of carbonyl (C=O) groups excluding carboxylic acids is 1. The number of alkyl halides is 3. The molecule has 7 nitrogen and oxygen atoms in total. The van der Waals surface area contributed by atoms with Crippen molar-refractivity contribution in [3.8, 4) is 5.75 Å². The monoisotopic (exact) mass is 409 g/mol. The summed E-state index contributed by atoms with van der Waals surface area (Å²) >= 11 is 0. The summed E-state index contributed by atoms with van der Waals surface area (Å²) in [6.45, 7) is 4.01. The molecule has 2 aromatic rings. The van der Waals surface area contributed by atoms with Gasteiger partial charge in [0, 0.05) is 51.9 Å². The van der Waals surface area contributed by atoms with Gasteiger partial charge < -0.3 is 19.4 Å². The standard InChI is InChI=1S/C19H22F3N5O2/c1-13-23-16(25(2)3)12-17(24-13)26-8-10-27(11-9-26)18(28)14-4-6-15(7-5-14)29-19(20,21)22/h4-7,12H,8-11H2,1-3H3. The molecule has 156 valence electrons. The Kier molecular flexibility index (Phi) is 5.81. The van der Waals surface area contributed by atoms with Gasteiger partial charge in [0.1, 0.15) is 23.2 Å². The lowest BCUT2D eigenvalue weighted by molar-refractivity contribution is -0.274. The van der Waals surface area contributed by atoms with E-state index in [1.165, 1.54) is 12.1 Å². The lowest BCUT2D eigenvalue weighted by Crippen LogP contribution is -2.49. The van der Waals surface area contributed by atoms with Crippen LogP contribution in [0.15, 0.2) is 30.3 Å². The van der Waals surface area contributed by atoms with Crippen LogP contribution in [0.1, 0.15) is 16.2 Å². The van der Waals surface area contributed by atoms with Crippen molar-refractivity contribution in [3.05, 3.63) is 41.7 Å². The predicted molar refractivity (Wildman–Crippen MR) is 102 cm³/mol. The first-order chi connectivity index (χ1) is 13.6. The first-order valence-electron chi connectivity index (χ1n) is 9.05. The molecule has 0 N–H and O–H groups in total. The number of hydrogen-bond acceptors (Lipinski definition) is 6. The SMILES string of the molecule is Cc1nc(N(C)C)cc(N2CCN(C(=O)c3ccc(OC(F)(F)F)cc3)CC2)n1. The van der Waals surface area contributed by atoms with Crippen molar-refractivity contribution in [1.82, 2.24) is 14.9 Å². The van der Waals surface area contributed by atoms with Crippen LogP contribution in [0.5, 0.6) is 5.75 Å². The number of anilines is 2. The van der Waals surface area contributed by atoms with Gasteiger partial charge in [0.2, 0.25) is 0 Å². The van der Waals surface area contributed by atoms with E-state index >= 15 is 0 Å². The highest BCUT2D eigenvalue weighted by atomic mass is 19.4. The van der Waals surface area contributed by atoms with Crippen LogP contribution >= 0.6 is 0 Å². The molecule has 2 heterocycles. The number of aromatic nitrogens is 2. The summed E-state index contributed by atoms with van der Waals surface area (Å²) in [4.78, 5) is 27.2. The van der Waals surface area contributed by atoms with Crippen LogP contribution in [0.3, 0.4) is 0 Å². The van der Waals surface area contributed by atoms with Gasteiger partial charge in [-0.1, -0.05) is 0 Å². The first-order valence-corrected chi connectivity index (χ1v) is 9.05. The number of hydrogen-bond donors (Lipinski definition) is 0. The molecule has 1 aromatic heterocycles. The van der Waals surface area contributed by atoms with E-state index in [9.17, 15) is 18.0 Å². The molecule has 0 radical (unpaired) electrons. The fourth-order valence-corrected chi connectivity index (χ4v) is 3.05. The van der Waals surface area contributed by atoms with E-state index in [1.807, 2.05) is 32.0 Å². The van der Waals surface area contributed by atoms with Gasteiger partial charge in [0.15, 0.2) is 0 Å². The van der Waals surface area contributed by atoms with E-state index < -0.39 is 6.36 Å². The molecule has 1 aromatic carbocycles. The zero-order valence-electron chi connectivity index (χ0n) is 16.4. The van der Waals surface area contributed by atoms with Crippen molar-refractivity contribution in [2.24, 2.45) is 0 Å². The number of aryl methyl sites for hydroxylation is 1. The Morgan fingerprint density at radius 2 is 1.69 bits per heavy atom. The lowest BCUT2D eigenvalue weighted by atomic mass is 10.1. The number of benzene rings is 1. The maximum Gasteiger partial charge on any atom is 0.573 e. The number of amides is 1. The summed E-state index contributed by atoms with van der Waals surface area (Å²) in [6, 6.07) is 6.87. The topological polar surface area (TPSA) is 61.8 Å². The predicted octanol–water partition coefficient (Wildman–Crippen LogP) is 2.71. The average Bonchev–Trinajstić information content (AvgIpc) is 2.66. The van der Waals surface area contributed by atoms with E-state index in [2.05, 4.69) is 19.6 Å². The van der Waals surface area contributed by atoms with E-state index in [0.717, 1.165) is 23.8 Å². The van der Waals surface area contributed by atoms with Crippen molar-refractivity contribution in [1.29, 1.82) is 0 Å². The Bertz CT molecular complexity index is 863. The molecule has 3 rings (SSSR count). The molecular weight excluding hydrogens is 387 g/mol. The van der Waals surface area contributed by atoms with Crippen LogP contribution in [0.4, 0.5) is 24.8 Å². The fourth-order valence-electron chi connectivity index (χ4n) is 3.05. The molecule has 1 aliphatic rings. The van der Waals surface area contributed by atoms with Crippen LogP contribution < -0.4 is 14.5 Å². The highest BCUT2D eigenvalue weighted by Gasteiger charge is 2.31. The van der Waals surface area contributed by atoms with Gasteiger partial charge in [-0.25, -0.2) is 9.97 Å². The quantitative estimate of drug-likeness (QED) is 0.774. The van der Waals surface area contributed by atoms with Crippen LogP contribution in [0, 0.1) is 6.92 Å². The maximum absolute atomic E-state index is 12.6. The molecule has 0 bridgehead atoms. The van der Waals surface area contributed by atoms with Crippen molar-refractivity contribution in [2.75, 3.05) is 50.1 Å². The van der Waals surface area contributed by atoms with Crippen LogP contribution in [0.2, 0.25) is 0 Å². The molecule has 1 fully saturated rings. The van der Waals surface area contributed by atoms with Gasteiger partial charge in [-0.3, -0.25) is 4.79 Å². The minimum atomic E-state index is -4.76. The second-order valence-electron chi connectivity index (χ2n) is 6.88. The summed E-state index contributed by atoms with van der Waals surface area (Å²) < 4.78 is 40.6. The normalized spacial score (nSPS) is 14.7. The van der Waals surface area contributed by atoms with Crippen LogP contribution in [-0.2, 0) is 0 Å². The Hall–Kier alpha value is -3.04. The van der Waals surface area contributed by atoms with Gasteiger partial charge in [-0.15, -0.1) is 13.2 Å². The van der Waals surface area contributed by atoms with E-state index in [0.29, 0.717) is 37.6 Å². The zero-order chi connectivity index (χ0) is 21.2. The molecule has 0 atom stereocenters. The number of piperazine rings is 1. The van der Waals surface area contributed by atoms with Crippen molar-refractivity contribution in [3.63, 3.8) is 0 Å². The van der Waals surface area contributed by atoms with Crippen LogP contribution in [0.25, 0.3) is 0 Å². The maximum atomic E-state index is 12.6. The van der Waals surface area contributed by atoms with Crippen molar-refractivity contribution < 1.29 is 22.7 Å². The van der Waals surface area contributed by atoms with Gasteiger partial charge in [-0.05, 0) is 31.2 Å². The molecule has 29 heavy (non-hydrogen) atoms. The molecule has 1 saturated heterocycles. The van der Waals surface area contributed by atoms with Gasteiger partial charge >= 0.3 is 6.36 Å². The second-order valence-corrected chi connectivity index (χ2v) is 6.88. The largest absolute Gasteiger partial charge is 0.573 e. The average molecular weight is 409 g/mol. The third kappa shape index (κ3) is 5.27. The molecule has 0 aliphatic carbocycles. The second kappa shape index (κ2) is 8.14. The highest BCUT2D eigenvalue weighted by Crippen LogP contribution is 2.24. The molecule has 10 heteroatoms. The molecule has 0 saturated carbocycles. The lowest BCUT2D eigenvalue weighted by Gasteiger charge is -2.35. The minimum Gasteiger partial charge on any atom is -0.406 e. The first kappa shape index (κ1) is 20.7. The van der Waals surface area contributed by atoms with E-state index in [-0.39, 0.29) is 11.7 Å². The Morgan fingerprint density at radius 3 is 2.24 bits per heavy atom.